The Hall–Kier alpha value is -1.20. The van der Waals surface area contributed by atoms with E-state index in [1.165, 1.54) is 10.8 Å². The van der Waals surface area contributed by atoms with Crippen molar-refractivity contribution in [3.05, 3.63) is 12.0 Å². The van der Waals surface area contributed by atoms with Gasteiger partial charge in [0, 0.05) is 19.2 Å². The molecule has 3 nitrogen and oxygen atoms in total. The van der Waals surface area contributed by atoms with Crippen molar-refractivity contribution >= 4 is 5.82 Å². The van der Waals surface area contributed by atoms with Gasteiger partial charge in [0.1, 0.15) is 11.6 Å². The molecule has 0 radical (unpaired) electrons. The summed E-state index contributed by atoms with van der Waals surface area (Å²) >= 11 is 0. The van der Waals surface area contributed by atoms with E-state index in [4.69, 9.17) is 5.73 Å². The molecule has 0 saturated carbocycles. The maximum atomic E-state index is 12.4. The number of nitrogens with two attached hydrogens (primary N) is 1. The Bertz CT molecular complexity index is 342. The number of nitrogens with zero attached hydrogens (tertiary/aromatic N) is 2. The summed E-state index contributed by atoms with van der Waals surface area (Å²) < 4.78 is 38.6. The molecule has 0 aromatic carbocycles. The minimum atomic E-state index is -4.11. The third-order valence-electron chi connectivity index (χ3n) is 2.47. The van der Waals surface area contributed by atoms with Crippen LogP contribution in [0, 0.1) is 5.92 Å². The fraction of sp³-hybridized carbons (Fsp3) is 0.625. The molecule has 0 fully saturated rings. The number of halogens is 3. The van der Waals surface area contributed by atoms with Crippen LogP contribution in [-0.2, 0) is 13.0 Å². The lowest BCUT2D eigenvalue weighted by Gasteiger charge is -2.25. The lowest BCUT2D eigenvalue weighted by Crippen LogP contribution is -2.31. The molecule has 0 aliphatic carbocycles. The van der Waals surface area contributed by atoms with Crippen molar-refractivity contribution in [2.45, 2.75) is 25.6 Å². The van der Waals surface area contributed by atoms with E-state index in [0.717, 1.165) is 0 Å². The van der Waals surface area contributed by atoms with Crippen molar-refractivity contribution in [3.8, 4) is 0 Å². The van der Waals surface area contributed by atoms with Gasteiger partial charge in [0.2, 0.25) is 0 Å². The summed E-state index contributed by atoms with van der Waals surface area (Å²) in [6.07, 6.45) is -2.19. The Balaban J connectivity index is 2.21. The molecular weight excluding hydrogens is 195 g/mol. The van der Waals surface area contributed by atoms with Crippen LogP contribution in [0.3, 0.4) is 0 Å². The zero-order valence-electron chi connectivity index (χ0n) is 7.38. The van der Waals surface area contributed by atoms with Crippen molar-refractivity contribution in [2.24, 2.45) is 5.92 Å². The molecule has 0 spiro atoms. The molecule has 6 heteroatoms. The fourth-order valence-corrected chi connectivity index (χ4v) is 1.73. The monoisotopic (exact) mass is 205 g/mol. The first-order valence-electron chi connectivity index (χ1n) is 4.35. The smallest absolute Gasteiger partial charge is 0.382 e. The molecule has 0 bridgehead atoms. The number of rotatable bonds is 0. The Morgan fingerprint density at radius 3 is 2.86 bits per heavy atom. The highest BCUT2D eigenvalue weighted by Gasteiger charge is 2.41. The highest BCUT2D eigenvalue weighted by Crippen LogP contribution is 2.34. The molecule has 1 aliphatic rings. The highest BCUT2D eigenvalue weighted by atomic mass is 19.4. The number of alkyl halides is 3. The van der Waals surface area contributed by atoms with Crippen molar-refractivity contribution < 1.29 is 13.2 Å². The Morgan fingerprint density at radius 2 is 2.21 bits per heavy atom. The van der Waals surface area contributed by atoms with Crippen LogP contribution in [0.1, 0.15) is 12.2 Å². The number of imidazole rings is 1. The minimum Gasteiger partial charge on any atom is -0.382 e. The standard InChI is InChI=1S/C8H10F3N3/c9-8(10,11)5-1-2-7-13-6(12)4-14(7)3-5/h4-5H,1-3,12H2. The van der Waals surface area contributed by atoms with Gasteiger partial charge in [-0.1, -0.05) is 0 Å². The van der Waals surface area contributed by atoms with E-state index < -0.39 is 12.1 Å². The summed E-state index contributed by atoms with van der Waals surface area (Å²) in [6, 6.07) is 0. The van der Waals surface area contributed by atoms with Gasteiger partial charge in [0.25, 0.3) is 0 Å². The van der Waals surface area contributed by atoms with Gasteiger partial charge in [-0.05, 0) is 6.42 Å². The average molecular weight is 205 g/mol. The Kier molecular flexibility index (Phi) is 1.94. The number of hydrogen-bond acceptors (Lipinski definition) is 2. The fourth-order valence-electron chi connectivity index (χ4n) is 1.73. The second-order valence-electron chi connectivity index (χ2n) is 3.51. The lowest BCUT2D eigenvalue weighted by molar-refractivity contribution is -0.182. The van der Waals surface area contributed by atoms with Crippen molar-refractivity contribution in [1.82, 2.24) is 9.55 Å². The first-order chi connectivity index (χ1) is 6.47. The van der Waals surface area contributed by atoms with Crippen molar-refractivity contribution in [3.63, 3.8) is 0 Å². The molecule has 78 valence electrons. The Labute approximate surface area is 78.7 Å². The van der Waals surface area contributed by atoms with Gasteiger partial charge in [0.15, 0.2) is 0 Å². The topological polar surface area (TPSA) is 43.8 Å². The maximum absolute atomic E-state index is 12.4. The zero-order chi connectivity index (χ0) is 10.3. The normalized spacial score (nSPS) is 22.1. The van der Waals surface area contributed by atoms with E-state index in [2.05, 4.69) is 4.98 Å². The van der Waals surface area contributed by atoms with Crippen LogP contribution >= 0.6 is 0 Å². The van der Waals surface area contributed by atoms with Gasteiger partial charge in [-0.2, -0.15) is 13.2 Å². The van der Waals surface area contributed by atoms with Gasteiger partial charge in [-0.15, -0.1) is 0 Å². The number of aryl methyl sites for hydroxylation is 1. The van der Waals surface area contributed by atoms with E-state index in [9.17, 15) is 13.2 Å². The first-order valence-corrected chi connectivity index (χ1v) is 4.35. The zero-order valence-corrected chi connectivity index (χ0v) is 7.38. The summed E-state index contributed by atoms with van der Waals surface area (Å²) in [5.41, 5.74) is 5.40. The van der Waals surface area contributed by atoms with E-state index in [-0.39, 0.29) is 13.0 Å². The highest BCUT2D eigenvalue weighted by molar-refractivity contribution is 5.26. The summed E-state index contributed by atoms with van der Waals surface area (Å²) in [6.45, 7) is -0.0525. The number of anilines is 1. The predicted octanol–water partition coefficient (Wildman–Crippen LogP) is 1.59. The molecule has 1 atom stereocenters. The van der Waals surface area contributed by atoms with E-state index in [1.54, 1.807) is 0 Å². The third kappa shape index (κ3) is 1.56. The minimum absolute atomic E-state index is 0.0525. The summed E-state index contributed by atoms with van der Waals surface area (Å²) in [4.78, 5) is 3.94. The molecular formula is C8H10F3N3. The van der Waals surface area contributed by atoms with Crippen LogP contribution in [0.4, 0.5) is 19.0 Å². The largest absolute Gasteiger partial charge is 0.393 e. The molecule has 1 unspecified atom stereocenters. The maximum Gasteiger partial charge on any atom is 0.393 e. The summed E-state index contributed by atoms with van der Waals surface area (Å²) in [5.74, 6) is -0.311. The van der Waals surface area contributed by atoms with E-state index in [1.807, 2.05) is 0 Å². The predicted molar refractivity (Wildman–Crippen MR) is 44.5 cm³/mol. The van der Waals surface area contributed by atoms with Crippen LogP contribution in [-0.4, -0.2) is 15.7 Å². The first kappa shape index (κ1) is 9.36. The summed E-state index contributed by atoms with van der Waals surface area (Å²) in [7, 11) is 0. The third-order valence-corrected chi connectivity index (χ3v) is 2.47. The van der Waals surface area contributed by atoms with Crippen LogP contribution in [0.2, 0.25) is 0 Å². The van der Waals surface area contributed by atoms with Crippen LogP contribution in [0.15, 0.2) is 6.20 Å². The molecule has 1 aliphatic heterocycles. The van der Waals surface area contributed by atoms with Crippen LogP contribution in [0.25, 0.3) is 0 Å². The second-order valence-corrected chi connectivity index (χ2v) is 3.51. The SMILES string of the molecule is Nc1cn2c(n1)CCC(C(F)(F)F)C2. The molecule has 0 amide bonds. The van der Waals surface area contributed by atoms with Gasteiger partial charge in [-0.3, -0.25) is 0 Å². The van der Waals surface area contributed by atoms with Gasteiger partial charge in [0.05, 0.1) is 5.92 Å². The van der Waals surface area contributed by atoms with Gasteiger partial charge in [-0.25, -0.2) is 4.98 Å². The average Bonchev–Trinajstić information content (AvgIpc) is 2.41. The van der Waals surface area contributed by atoms with Gasteiger partial charge < -0.3 is 10.3 Å². The quantitative estimate of drug-likeness (QED) is 0.699. The molecule has 1 aromatic rings. The molecule has 2 rings (SSSR count). The lowest BCUT2D eigenvalue weighted by atomic mass is 9.99. The summed E-state index contributed by atoms with van der Waals surface area (Å²) in [5, 5.41) is 0. The Morgan fingerprint density at radius 1 is 1.50 bits per heavy atom. The molecule has 1 aromatic heterocycles. The number of fused-ring (bicyclic) bond motifs is 1. The van der Waals surface area contributed by atoms with E-state index >= 15 is 0 Å². The second kappa shape index (κ2) is 2.90. The van der Waals surface area contributed by atoms with Crippen LogP contribution < -0.4 is 5.73 Å². The van der Waals surface area contributed by atoms with E-state index in [0.29, 0.717) is 18.1 Å². The number of aromatic nitrogens is 2. The molecule has 2 N–H and O–H groups in total. The van der Waals surface area contributed by atoms with Crippen molar-refractivity contribution in [1.29, 1.82) is 0 Å². The van der Waals surface area contributed by atoms with Crippen molar-refractivity contribution in [2.75, 3.05) is 5.73 Å². The van der Waals surface area contributed by atoms with Crippen LogP contribution in [0.5, 0.6) is 0 Å². The number of nitrogen functional groups attached to an aromatic ring is 1. The number of hydrogen-bond donors (Lipinski definition) is 1. The molecule has 14 heavy (non-hydrogen) atoms. The molecule has 2 heterocycles. The molecule has 0 saturated heterocycles. The van der Waals surface area contributed by atoms with Gasteiger partial charge >= 0.3 is 6.18 Å².